The van der Waals surface area contributed by atoms with Crippen LogP contribution in [0.5, 0.6) is 0 Å². The van der Waals surface area contributed by atoms with E-state index in [9.17, 15) is 9.59 Å². The molecule has 0 spiro atoms. The van der Waals surface area contributed by atoms with E-state index in [1.807, 2.05) is 48.5 Å². The van der Waals surface area contributed by atoms with E-state index >= 15 is 0 Å². The number of nitrogens with one attached hydrogen (secondary N) is 2. The number of rotatable bonds is 4. The van der Waals surface area contributed by atoms with Gasteiger partial charge in [-0.05, 0) is 64.4 Å². The second kappa shape index (κ2) is 8.40. The average molecular weight is 493 g/mol. The Labute approximate surface area is 181 Å². The highest BCUT2D eigenvalue weighted by Crippen LogP contribution is 2.26. The number of fused-ring (bicyclic) bond motifs is 1. The SMILES string of the molecule is O=C(Nc1ccc(I)cc1C(=O)Nc1cccc2ccccc12)c1cccnc1. The lowest BCUT2D eigenvalue weighted by Gasteiger charge is -2.13. The van der Waals surface area contributed by atoms with Crippen molar-refractivity contribution in [3.05, 3.63) is 99.9 Å². The molecule has 0 saturated heterocycles. The molecular weight excluding hydrogens is 477 g/mol. The second-order valence-electron chi connectivity index (χ2n) is 6.37. The van der Waals surface area contributed by atoms with E-state index < -0.39 is 0 Å². The fraction of sp³-hybridized carbons (Fsp3) is 0. The van der Waals surface area contributed by atoms with Crippen molar-refractivity contribution in [2.75, 3.05) is 10.6 Å². The Balaban J connectivity index is 1.64. The molecule has 0 unspecified atom stereocenters. The summed E-state index contributed by atoms with van der Waals surface area (Å²) >= 11 is 2.14. The number of hydrogen-bond acceptors (Lipinski definition) is 3. The Bertz CT molecular complexity index is 1200. The summed E-state index contributed by atoms with van der Waals surface area (Å²) in [5, 5.41) is 7.78. The molecule has 2 amide bonds. The Morgan fingerprint density at radius 2 is 1.59 bits per heavy atom. The molecule has 0 aliphatic carbocycles. The van der Waals surface area contributed by atoms with Crippen LogP contribution in [-0.4, -0.2) is 16.8 Å². The molecule has 142 valence electrons. The Morgan fingerprint density at radius 3 is 2.41 bits per heavy atom. The molecule has 6 heteroatoms. The second-order valence-corrected chi connectivity index (χ2v) is 7.61. The van der Waals surface area contributed by atoms with Crippen molar-refractivity contribution in [1.29, 1.82) is 0 Å². The molecule has 5 nitrogen and oxygen atoms in total. The van der Waals surface area contributed by atoms with Crippen LogP contribution in [0.3, 0.4) is 0 Å². The summed E-state index contributed by atoms with van der Waals surface area (Å²) in [7, 11) is 0. The van der Waals surface area contributed by atoms with Gasteiger partial charge in [0.25, 0.3) is 11.8 Å². The summed E-state index contributed by atoms with van der Waals surface area (Å²) in [4.78, 5) is 29.6. The van der Waals surface area contributed by atoms with Crippen molar-refractivity contribution in [2.45, 2.75) is 0 Å². The fourth-order valence-electron chi connectivity index (χ4n) is 3.03. The van der Waals surface area contributed by atoms with Crippen molar-refractivity contribution < 1.29 is 9.59 Å². The van der Waals surface area contributed by atoms with Crippen molar-refractivity contribution in [1.82, 2.24) is 4.98 Å². The molecule has 0 atom stereocenters. The van der Waals surface area contributed by atoms with Crippen molar-refractivity contribution in [2.24, 2.45) is 0 Å². The van der Waals surface area contributed by atoms with Crippen LogP contribution < -0.4 is 10.6 Å². The number of nitrogens with zero attached hydrogens (tertiary/aromatic N) is 1. The highest BCUT2D eigenvalue weighted by Gasteiger charge is 2.16. The Kier molecular flexibility index (Phi) is 5.53. The molecule has 29 heavy (non-hydrogen) atoms. The average Bonchev–Trinajstić information content (AvgIpc) is 2.76. The van der Waals surface area contributed by atoms with Crippen LogP contribution in [0.2, 0.25) is 0 Å². The van der Waals surface area contributed by atoms with E-state index in [1.54, 1.807) is 30.5 Å². The van der Waals surface area contributed by atoms with Crippen LogP contribution in [0.25, 0.3) is 10.8 Å². The van der Waals surface area contributed by atoms with Crippen molar-refractivity contribution in [3.63, 3.8) is 0 Å². The number of benzene rings is 3. The van der Waals surface area contributed by atoms with Crippen LogP contribution >= 0.6 is 22.6 Å². The number of halogens is 1. The van der Waals surface area contributed by atoms with E-state index in [-0.39, 0.29) is 11.8 Å². The molecule has 1 heterocycles. The van der Waals surface area contributed by atoms with Gasteiger partial charge < -0.3 is 10.6 Å². The highest BCUT2D eigenvalue weighted by atomic mass is 127. The Morgan fingerprint density at radius 1 is 0.793 bits per heavy atom. The lowest BCUT2D eigenvalue weighted by Crippen LogP contribution is -2.18. The smallest absolute Gasteiger partial charge is 0.257 e. The van der Waals surface area contributed by atoms with Gasteiger partial charge in [0.1, 0.15) is 0 Å². The first kappa shape index (κ1) is 19.1. The third kappa shape index (κ3) is 4.27. The number of aromatic nitrogens is 1. The molecule has 3 aromatic carbocycles. The lowest BCUT2D eigenvalue weighted by molar-refractivity contribution is 0.102. The van der Waals surface area contributed by atoms with Crippen molar-refractivity contribution >= 4 is 56.6 Å². The molecule has 0 radical (unpaired) electrons. The van der Waals surface area contributed by atoms with E-state index in [0.717, 1.165) is 20.0 Å². The minimum atomic E-state index is -0.321. The van der Waals surface area contributed by atoms with E-state index in [1.165, 1.54) is 6.20 Å². The van der Waals surface area contributed by atoms with Gasteiger partial charge in [-0.25, -0.2) is 0 Å². The van der Waals surface area contributed by atoms with Gasteiger partial charge in [0, 0.05) is 27.0 Å². The van der Waals surface area contributed by atoms with Gasteiger partial charge >= 0.3 is 0 Å². The van der Waals surface area contributed by atoms with Gasteiger partial charge in [-0.2, -0.15) is 0 Å². The number of carbonyl (C=O) groups excluding carboxylic acids is 2. The summed E-state index contributed by atoms with van der Waals surface area (Å²) in [5.74, 6) is -0.611. The summed E-state index contributed by atoms with van der Waals surface area (Å²) in [6.07, 6.45) is 3.09. The van der Waals surface area contributed by atoms with E-state index in [2.05, 4.69) is 38.2 Å². The predicted octanol–water partition coefficient (Wildman–Crippen LogP) is 5.34. The monoisotopic (exact) mass is 493 g/mol. The molecule has 0 aliphatic heterocycles. The summed E-state index contributed by atoms with van der Waals surface area (Å²) in [5.41, 5.74) is 1.97. The van der Waals surface area contributed by atoms with Crippen LogP contribution in [0.1, 0.15) is 20.7 Å². The first-order valence-electron chi connectivity index (χ1n) is 8.92. The maximum atomic E-state index is 13.1. The van der Waals surface area contributed by atoms with E-state index in [0.29, 0.717) is 16.8 Å². The maximum absolute atomic E-state index is 13.1. The summed E-state index contributed by atoms with van der Waals surface area (Å²) in [6.45, 7) is 0. The third-order valence-corrected chi connectivity index (χ3v) is 5.11. The Hall–Kier alpha value is -3.26. The molecule has 1 aromatic heterocycles. The molecule has 0 fully saturated rings. The summed E-state index contributed by atoms with van der Waals surface area (Å²) < 4.78 is 0.894. The number of anilines is 2. The van der Waals surface area contributed by atoms with Crippen LogP contribution in [0, 0.1) is 3.57 Å². The molecule has 0 bridgehead atoms. The van der Waals surface area contributed by atoms with Gasteiger partial charge in [-0.3, -0.25) is 14.6 Å². The zero-order valence-electron chi connectivity index (χ0n) is 15.2. The molecule has 2 N–H and O–H groups in total. The zero-order chi connectivity index (χ0) is 20.2. The first-order valence-corrected chi connectivity index (χ1v) is 10.00. The largest absolute Gasteiger partial charge is 0.321 e. The van der Waals surface area contributed by atoms with Crippen LogP contribution in [0.4, 0.5) is 11.4 Å². The summed E-state index contributed by atoms with van der Waals surface area (Å²) in [6, 6.07) is 22.3. The quantitative estimate of drug-likeness (QED) is 0.377. The lowest BCUT2D eigenvalue weighted by atomic mass is 10.1. The highest BCUT2D eigenvalue weighted by molar-refractivity contribution is 14.1. The van der Waals surface area contributed by atoms with Crippen molar-refractivity contribution in [3.8, 4) is 0 Å². The molecule has 4 aromatic rings. The zero-order valence-corrected chi connectivity index (χ0v) is 17.4. The normalized spacial score (nSPS) is 10.5. The molecule has 4 rings (SSSR count). The minimum Gasteiger partial charge on any atom is -0.321 e. The van der Waals surface area contributed by atoms with Crippen LogP contribution in [0.15, 0.2) is 85.2 Å². The first-order chi connectivity index (χ1) is 14.1. The van der Waals surface area contributed by atoms with Gasteiger partial charge in [-0.15, -0.1) is 0 Å². The molecular formula is C23H16IN3O2. The van der Waals surface area contributed by atoms with E-state index in [4.69, 9.17) is 0 Å². The number of carbonyl (C=O) groups is 2. The topological polar surface area (TPSA) is 71.1 Å². The maximum Gasteiger partial charge on any atom is 0.257 e. The molecule has 0 saturated carbocycles. The number of amides is 2. The number of hydrogen-bond donors (Lipinski definition) is 2. The van der Waals surface area contributed by atoms with Gasteiger partial charge in [0.05, 0.1) is 16.8 Å². The fourth-order valence-corrected chi connectivity index (χ4v) is 3.52. The third-order valence-electron chi connectivity index (χ3n) is 4.44. The standard InChI is InChI=1S/C23H16IN3O2/c24-17-10-11-21(26-22(28)16-7-4-12-25-14-16)19(13-17)23(29)27-20-9-3-6-15-5-1-2-8-18(15)20/h1-14H,(H,26,28)(H,27,29). The molecule has 0 aliphatic rings. The van der Waals surface area contributed by atoms with Gasteiger partial charge in [0.15, 0.2) is 0 Å². The number of pyridine rings is 1. The van der Waals surface area contributed by atoms with Gasteiger partial charge in [0.2, 0.25) is 0 Å². The van der Waals surface area contributed by atoms with Gasteiger partial charge in [-0.1, -0.05) is 36.4 Å². The predicted molar refractivity (Wildman–Crippen MR) is 123 cm³/mol. The van der Waals surface area contributed by atoms with Crippen LogP contribution in [-0.2, 0) is 0 Å². The minimum absolute atomic E-state index is 0.290.